The number of hydrogen-bond acceptors (Lipinski definition) is 29. The van der Waals surface area contributed by atoms with E-state index in [0.29, 0.717) is 5.75 Å². The Morgan fingerprint density at radius 1 is 0.396 bits per heavy atom. The Morgan fingerprint density at radius 2 is 0.679 bits per heavy atom. The molecule has 2 aromatic carbocycles. The fraction of sp³-hybridized carbons (Fsp3) is 0.631. The summed E-state index contributed by atoms with van der Waals surface area (Å²) in [5.74, 6) is -15.1. The van der Waals surface area contributed by atoms with Crippen LogP contribution in [0.2, 0.25) is 0 Å². The Kier molecular flexibility index (Phi) is 39.9. The number of hydrogen-bond donors (Lipinski definition) is 28. The van der Waals surface area contributed by atoms with Gasteiger partial charge in [0.25, 0.3) is 0 Å². The van der Waals surface area contributed by atoms with Gasteiger partial charge in [-0.2, -0.15) is 24.4 Å². The molecule has 0 spiro atoms. The number of nitrogens with one attached hydrogen (secondary N) is 9. The van der Waals surface area contributed by atoms with Crippen molar-refractivity contribution < 1.29 is 149 Å². The lowest BCUT2D eigenvalue weighted by Crippen LogP contribution is -2.60. The van der Waals surface area contributed by atoms with Crippen LogP contribution in [0.4, 0.5) is 0 Å². The van der Waals surface area contributed by atoms with E-state index in [1.54, 1.807) is 0 Å². The van der Waals surface area contributed by atoms with Gasteiger partial charge < -0.3 is 140 Å². The summed E-state index contributed by atoms with van der Waals surface area (Å²) in [5, 5.41) is 199. The van der Waals surface area contributed by atoms with E-state index in [-0.39, 0.29) is 18.1 Å². The summed E-state index contributed by atoms with van der Waals surface area (Å²) in [4.78, 5) is 162. The predicted octanol–water partition coefficient (Wildman–Crippen LogP) is -9.65. The molecule has 0 saturated carbocycles. The van der Waals surface area contributed by atoms with Gasteiger partial charge in [0.2, 0.25) is 53.2 Å². The lowest BCUT2D eigenvalue weighted by Gasteiger charge is -2.30. The highest BCUT2D eigenvalue weighted by Crippen LogP contribution is 2.45. The summed E-state index contributed by atoms with van der Waals surface area (Å²) >= 11 is 5.61. The maximum Gasteiger partial charge on any atom is 0.327 e. The Labute approximate surface area is 616 Å². The molecule has 0 radical (unpaired) electrons. The number of benzene rings is 2. The van der Waals surface area contributed by atoms with Gasteiger partial charge >= 0.3 is 17.9 Å². The summed E-state index contributed by atoms with van der Waals surface area (Å²) in [5.41, 5.74) is 4.19. The highest BCUT2D eigenvalue weighted by molar-refractivity contribution is 7.99. The fourth-order valence-electron chi connectivity index (χ4n) is 10.6. The number of carboxylic acids is 3. The van der Waals surface area contributed by atoms with Gasteiger partial charge in [-0.25, -0.2) is 4.79 Å². The van der Waals surface area contributed by atoms with Crippen LogP contribution in [0.5, 0.6) is 0 Å². The zero-order valence-electron chi connectivity index (χ0n) is 57.8. The van der Waals surface area contributed by atoms with Crippen molar-refractivity contribution in [1.29, 1.82) is 0 Å². The maximum atomic E-state index is 14.7. The van der Waals surface area contributed by atoms with Crippen LogP contribution in [-0.4, -0.2) is 328 Å². The van der Waals surface area contributed by atoms with Crippen LogP contribution in [0.1, 0.15) is 102 Å². The summed E-state index contributed by atoms with van der Waals surface area (Å²) in [7, 11) is 0. The molecule has 3 rings (SSSR count). The second-order valence-electron chi connectivity index (χ2n) is 25.6. The molecule has 0 aliphatic heterocycles. The minimum absolute atomic E-state index is 0.0624. The first-order valence-corrected chi connectivity index (χ1v) is 35.1. The number of carbonyl (C=O) groups excluding carboxylic acids is 9. The molecule has 596 valence electrons. The molecule has 1 aliphatic rings. The van der Waals surface area contributed by atoms with E-state index in [0.717, 1.165) is 22.3 Å². The van der Waals surface area contributed by atoms with Gasteiger partial charge in [0.15, 0.2) is 0 Å². The largest absolute Gasteiger partial charge is 0.481 e. The van der Waals surface area contributed by atoms with E-state index in [9.17, 15) is 144 Å². The van der Waals surface area contributed by atoms with Crippen LogP contribution < -0.4 is 47.9 Å². The lowest BCUT2D eigenvalue weighted by molar-refractivity contribution is -0.143. The van der Waals surface area contributed by atoms with Crippen LogP contribution in [0.3, 0.4) is 0 Å². The fourth-order valence-corrected chi connectivity index (χ4v) is 11.9. The van der Waals surface area contributed by atoms with Gasteiger partial charge in [-0.1, -0.05) is 48.5 Å². The number of rotatable bonds is 51. The maximum absolute atomic E-state index is 14.7. The van der Waals surface area contributed by atoms with Gasteiger partial charge in [0.05, 0.1) is 38.1 Å². The van der Waals surface area contributed by atoms with Crippen molar-refractivity contribution in [3.63, 3.8) is 0 Å². The van der Waals surface area contributed by atoms with Crippen LogP contribution in [-0.2, 0) is 57.5 Å². The van der Waals surface area contributed by atoms with Crippen LogP contribution in [0, 0.1) is 0 Å². The molecule has 106 heavy (non-hydrogen) atoms. The minimum atomic E-state index is -2.19. The Hall–Kier alpha value is -7.82. The quantitative estimate of drug-likeness (QED) is 0.0216. The van der Waals surface area contributed by atoms with Crippen molar-refractivity contribution >= 4 is 95.5 Å². The molecule has 0 aromatic heterocycles. The summed E-state index contributed by atoms with van der Waals surface area (Å²) in [6.07, 6.45) is -33.1. The molecule has 0 bridgehead atoms. The van der Waals surface area contributed by atoms with Crippen molar-refractivity contribution in [2.24, 2.45) is 0 Å². The molecule has 39 nitrogen and oxygen atoms in total. The average molecular weight is 1550 g/mol. The number of carboxylic acid groups (broad SMARTS) is 3. The Bertz CT molecular complexity index is 3200. The van der Waals surface area contributed by atoms with Crippen LogP contribution >= 0.6 is 24.4 Å². The summed E-state index contributed by atoms with van der Waals surface area (Å²) < 4.78 is -1.55. The molecule has 0 heterocycles. The first kappa shape index (κ1) is 92.4. The van der Waals surface area contributed by atoms with Gasteiger partial charge in [0, 0.05) is 80.3 Å². The van der Waals surface area contributed by atoms with E-state index in [4.69, 9.17) is 5.11 Å². The number of amides is 9. The SMILES string of the molecule is CC(C)(S)C(NC(=O)C(CCC(=O)NC[C@H](O)[C@@H](O)[C@H](O)[C@H](O)CO)NC(=O)[C@H](CCC(=O)O)NC(=O)C(CCC(=O)NC[C@H](O)[C@@H](O)[C@H](O)[C@H](O)CO)NC(=O)[C@H](CCC(=O)O)NC(=O)C(CCC(=O)NC[C@H](O)[C@@H](O)[C@H](O)[C@H](O)CO)NC(=O)CCSCC1c2ccccc2-c2ccccc21)C(=O)O. The molecule has 41 heteroatoms. The molecular formula is C65H99N9O30S2. The highest BCUT2D eigenvalue weighted by atomic mass is 32.2. The van der Waals surface area contributed by atoms with Crippen LogP contribution in [0.25, 0.3) is 11.1 Å². The number of thioether (sulfide) groups is 1. The smallest absolute Gasteiger partial charge is 0.327 e. The number of aliphatic hydroxyl groups is 15. The molecule has 27 N–H and O–H groups in total. The number of carbonyl (C=O) groups is 12. The molecular weight excluding hydrogens is 1450 g/mol. The van der Waals surface area contributed by atoms with Gasteiger partial charge in [0.1, 0.15) is 91.2 Å². The first-order valence-electron chi connectivity index (χ1n) is 33.5. The van der Waals surface area contributed by atoms with E-state index in [2.05, 4.69) is 60.5 Å². The zero-order valence-corrected chi connectivity index (χ0v) is 59.5. The molecule has 4 unspecified atom stereocenters. The average Bonchev–Trinajstić information content (AvgIpc) is 1.62. The molecule has 18 atom stereocenters. The van der Waals surface area contributed by atoms with Gasteiger partial charge in [-0.15, -0.1) is 0 Å². The normalized spacial score (nSPS) is 17.2. The summed E-state index contributed by atoms with van der Waals surface area (Å²) in [6, 6.07) is 3.59. The molecule has 0 saturated heterocycles. The van der Waals surface area contributed by atoms with Crippen molar-refractivity contribution in [3.05, 3.63) is 59.7 Å². The van der Waals surface area contributed by atoms with E-state index in [1.807, 2.05) is 48.5 Å². The highest BCUT2D eigenvalue weighted by Gasteiger charge is 2.40. The molecule has 9 amide bonds. The Morgan fingerprint density at radius 3 is 0.972 bits per heavy atom. The number of aliphatic hydroxyl groups excluding tert-OH is 15. The minimum Gasteiger partial charge on any atom is -0.481 e. The topological polar surface area (TPSA) is 677 Å². The van der Waals surface area contributed by atoms with E-state index < -0.39 is 289 Å². The lowest BCUT2D eigenvalue weighted by atomic mass is 9.99. The second-order valence-corrected chi connectivity index (χ2v) is 27.9. The monoisotopic (exact) mass is 1550 g/mol. The Balaban J connectivity index is 2.06. The zero-order chi connectivity index (χ0) is 79.9. The second kappa shape index (κ2) is 45.7. The van der Waals surface area contributed by atoms with Crippen LogP contribution in [0.15, 0.2) is 48.5 Å². The predicted molar refractivity (Wildman–Crippen MR) is 372 cm³/mol. The molecule has 0 fully saturated rings. The van der Waals surface area contributed by atoms with Crippen molar-refractivity contribution in [3.8, 4) is 11.1 Å². The molecule has 1 aliphatic carbocycles. The molecule has 2 aromatic rings. The first-order chi connectivity index (χ1) is 49.8. The van der Waals surface area contributed by atoms with Crippen molar-refractivity contribution in [2.75, 3.05) is 51.0 Å². The number of fused-ring (bicyclic) bond motifs is 3. The van der Waals surface area contributed by atoms with E-state index >= 15 is 0 Å². The van der Waals surface area contributed by atoms with Crippen molar-refractivity contribution in [2.45, 2.75) is 205 Å². The third-order valence-electron chi connectivity index (χ3n) is 16.9. The van der Waals surface area contributed by atoms with E-state index in [1.165, 1.54) is 25.6 Å². The third kappa shape index (κ3) is 30.4. The number of thiol groups is 1. The van der Waals surface area contributed by atoms with Gasteiger partial charge in [-0.05, 0) is 68.2 Å². The third-order valence-corrected chi connectivity index (χ3v) is 18.2. The van der Waals surface area contributed by atoms with Crippen molar-refractivity contribution in [1.82, 2.24) is 47.9 Å². The summed E-state index contributed by atoms with van der Waals surface area (Å²) in [6.45, 7) is -3.10. The standard InChI is InChI=1S/C65H99N9O30S2/c1-65(2,105)58(64(103)104)74-63(102)37(13-18-48(86)68-25-42(80)54(94)57(97)45(83)28-77)71-62(101)39(15-20-51(90)91)73-60(99)36(12-17-47(85)67-24-41(79)53(93)56(96)44(82)27-76)70-61(100)38(14-19-50(88)89)72-59(98)35(11-16-46(84)66-23-40(78)52(92)55(95)43(81)26-75)69-49(87)21-22-106-29-34-32-9-5-3-7-30(32)31-8-4-6-10-33(31)34/h3-10,34-45,52-58,75-83,92-97,105H,11-29H2,1-2H3,(H,66,84)(H,67,85)(H,68,86)(H,69,87)(H,70,100)(H,71,101)(H,72,98)(H,73,99)(H,74,102)(H,88,89)(H,90,91)(H,103,104)/t35?,36?,37?,38-,39-,40-,41-,42-,43+,44+,45+,52+,53+,54+,55+,56+,57+,58?/m0/s1. The van der Waals surface area contributed by atoms with Gasteiger partial charge in [-0.3, -0.25) is 52.7 Å². The number of aliphatic carboxylic acids is 3.